The van der Waals surface area contributed by atoms with Crippen LogP contribution in [0.5, 0.6) is 0 Å². The second-order valence-corrected chi connectivity index (χ2v) is 16.3. The smallest absolute Gasteiger partial charge is 0.407 e. The zero-order valence-electron chi connectivity index (χ0n) is 33.3. The minimum absolute atomic E-state index is 0.0877. The second-order valence-electron chi connectivity index (χ2n) is 16.3. The normalized spacial score (nSPS) is 22.3. The summed E-state index contributed by atoms with van der Waals surface area (Å²) in [5.41, 5.74) is 6.89. The van der Waals surface area contributed by atoms with E-state index in [2.05, 4.69) is 57.7 Å². The van der Waals surface area contributed by atoms with Gasteiger partial charge in [0, 0.05) is 25.2 Å². The highest BCUT2D eigenvalue weighted by Crippen LogP contribution is 2.33. The Hall–Kier alpha value is -5.14. The molecule has 0 bridgehead atoms. The van der Waals surface area contributed by atoms with E-state index in [9.17, 15) is 28.8 Å². The average Bonchev–Trinajstić information content (AvgIpc) is 4.00. The molecular formula is C42H56N6O8. The van der Waals surface area contributed by atoms with Crippen LogP contribution >= 0.6 is 0 Å². The van der Waals surface area contributed by atoms with Gasteiger partial charge in [-0.3, -0.25) is 19.2 Å². The molecule has 2 fully saturated rings. The number of fused-ring (bicyclic) bond motifs is 2. The molecule has 6 amide bonds. The van der Waals surface area contributed by atoms with E-state index in [1.807, 2.05) is 27.7 Å². The molecule has 302 valence electrons. The van der Waals surface area contributed by atoms with Crippen LogP contribution in [0.1, 0.15) is 75.6 Å². The van der Waals surface area contributed by atoms with Crippen molar-refractivity contribution in [3.8, 4) is 11.1 Å². The molecule has 4 N–H and O–H groups in total. The van der Waals surface area contributed by atoms with Crippen molar-refractivity contribution in [2.75, 3.05) is 27.3 Å². The molecule has 0 saturated carbocycles. The first-order valence-corrected chi connectivity index (χ1v) is 19.9. The Bertz CT molecular complexity index is 1720. The second kappa shape index (κ2) is 17.3. The van der Waals surface area contributed by atoms with E-state index in [0.29, 0.717) is 64.5 Å². The van der Waals surface area contributed by atoms with Crippen molar-refractivity contribution in [1.29, 1.82) is 0 Å². The van der Waals surface area contributed by atoms with Crippen LogP contribution in [0.15, 0.2) is 36.4 Å². The largest absolute Gasteiger partial charge is 0.453 e. The molecule has 2 aliphatic heterocycles. The summed E-state index contributed by atoms with van der Waals surface area (Å²) in [6.45, 7) is 8.32. The van der Waals surface area contributed by atoms with Gasteiger partial charge >= 0.3 is 12.2 Å². The Morgan fingerprint density at radius 3 is 1.32 bits per heavy atom. The van der Waals surface area contributed by atoms with Gasteiger partial charge in [0.25, 0.3) is 0 Å². The Morgan fingerprint density at radius 1 is 0.589 bits per heavy atom. The van der Waals surface area contributed by atoms with Crippen LogP contribution in [0.4, 0.5) is 9.59 Å². The molecule has 2 heterocycles. The number of nitrogens with one attached hydrogen (secondary N) is 4. The van der Waals surface area contributed by atoms with Crippen LogP contribution in [0, 0.1) is 11.8 Å². The number of carbonyl (C=O) groups is 6. The predicted molar refractivity (Wildman–Crippen MR) is 208 cm³/mol. The highest BCUT2D eigenvalue weighted by atomic mass is 16.5. The molecular weight excluding hydrogens is 716 g/mol. The van der Waals surface area contributed by atoms with Crippen molar-refractivity contribution >= 4 is 35.8 Å². The molecule has 2 aromatic carbocycles. The van der Waals surface area contributed by atoms with E-state index in [0.717, 1.165) is 11.1 Å². The van der Waals surface area contributed by atoms with Gasteiger partial charge in [-0.05, 0) is 96.6 Å². The van der Waals surface area contributed by atoms with Crippen LogP contribution in [-0.4, -0.2) is 109 Å². The fourth-order valence-corrected chi connectivity index (χ4v) is 8.76. The number of likely N-dealkylation sites (tertiary alicyclic amines) is 2. The van der Waals surface area contributed by atoms with Gasteiger partial charge in [0.05, 0.1) is 14.2 Å². The Morgan fingerprint density at radius 2 is 0.964 bits per heavy atom. The molecule has 2 saturated heterocycles. The summed E-state index contributed by atoms with van der Waals surface area (Å²) in [6.07, 6.45) is 3.99. The van der Waals surface area contributed by atoms with Crippen molar-refractivity contribution in [3.05, 3.63) is 58.7 Å². The Kier molecular flexibility index (Phi) is 12.5. The highest BCUT2D eigenvalue weighted by Gasteiger charge is 2.41. The third-order valence-electron chi connectivity index (χ3n) is 11.8. The van der Waals surface area contributed by atoms with E-state index in [4.69, 9.17) is 9.47 Å². The number of hydrogen-bond acceptors (Lipinski definition) is 8. The SMILES string of the molecule is COC(=O)NC(C(=O)N1CCCC1C(=O)NC1Cc2ccc(-c3ccc4c(c3)CC(NC(=O)C3CCCN3C(=O)C(NC(=O)OC)C(C)C)C4)cc2C1)C(C)C. The Labute approximate surface area is 328 Å². The van der Waals surface area contributed by atoms with Crippen LogP contribution < -0.4 is 21.3 Å². The third kappa shape index (κ3) is 8.79. The molecule has 0 radical (unpaired) electrons. The summed E-state index contributed by atoms with van der Waals surface area (Å²) in [5, 5.41) is 11.7. The van der Waals surface area contributed by atoms with E-state index >= 15 is 0 Å². The fraction of sp³-hybridized carbons (Fsp3) is 0.571. The quantitative estimate of drug-likeness (QED) is 0.269. The van der Waals surface area contributed by atoms with Crippen molar-refractivity contribution in [3.63, 3.8) is 0 Å². The zero-order valence-corrected chi connectivity index (χ0v) is 33.3. The first kappa shape index (κ1) is 40.5. The van der Waals surface area contributed by atoms with Gasteiger partial charge < -0.3 is 40.5 Å². The molecule has 0 aromatic heterocycles. The minimum Gasteiger partial charge on any atom is -0.453 e. The first-order chi connectivity index (χ1) is 26.8. The number of rotatable bonds is 11. The molecule has 2 aromatic rings. The lowest BCUT2D eigenvalue weighted by molar-refractivity contribution is -0.141. The number of carbonyl (C=O) groups excluding carboxylic acids is 6. The monoisotopic (exact) mass is 772 g/mol. The summed E-state index contributed by atoms with van der Waals surface area (Å²) < 4.78 is 9.44. The lowest BCUT2D eigenvalue weighted by Crippen LogP contribution is -2.56. The van der Waals surface area contributed by atoms with Crippen LogP contribution in [0.25, 0.3) is 11.1 Å². The number of amides is 6. The standard InChI is InChI=1S/C42H56N6O8/c1-23(2)35(45-41(53)55-5)39(51)47-15-7-9-33(47)37(49)43-31-19-27-13-11-25(17-29(27)21-31)26-12-14-28-20-32(22-30(28)18-26)44-38(50)34-10-8-16-48(34)40(52)36(24(3)4)46-42(54)56-6/h11-14,17-18,23-24,31-36H,7-10,15-16,19-22H2,1-6H3,(H,43,49)(H,44,50)(H,45,53)(H,46,54). The maximum Gasteiger partial charge on any atom is 0.407 e. The molecule has 4 aliphatic rings. The summed E-state index contributed by atoms with van der Waals surface area (Å²) >= 11 is 0. The maximum absolute atomic E-state index is 13.6. The van der Waals surface area contributed by atoms with Gasteiger partial charge in [-0.2, -0.15) is 0 Å². The molecule has 2 aliphatic carbocycles. The topological polar surface area (TPSA) is 175 Å². The average molecular weight is 773 g/mol. The Balaban J connectivity index is 1.04. The predicted octanol–water partition coefficient (Wildman–Crippen LogP) is 3.26. The first-order valence-electron chi connectivity index (χ1n) is 19.9. The van der Waals surface area contributed by atoms with Gasteiger partial charge in [-0.1, -0.05) is 64.1 Å². The molecule has 14 nitrogen and oxygen atoms in total. The number of benzene rings is 2. The minimum atomic E-state index is -0.782. The van der Waals surface area contributed by atoms with E-state index in [1.165, 1.54) is 36.5 Å². The van der Waals surface area contributed by atoms with Crippen LogP contribution in [0.2, 0.25) is 0 Å². The van der Waals surface area contributed by atoms with E-state index in [-0.39, 0.29) is 47.5 Å². The maximum atomic E-state index is 13.6. The fourth-order valence-electron chi connectivity index (χ4n) is 8.76. The number of hydrogen-bond donors (Lipinski definition) is 4. The van der Waals surface area contributed by atoms with Gasteiger partial charge in [0.2, 0.25) is 23.6 Å². The van der Waals surface area contributed by atoms with Crippen molar-refractivity contribution < 1.29 is 38.2 Å². The lowest BCUT2D eigenvalue weighted by Gasteiger charge is -2.30. The summed E-state index contributed by atoms with van der Waals surface area (Å²) in [7, 11) is 2.51. The number of alkyl carbamates (subject to hydrolysis) is 2. The van der Waals surface area contributed by atoms with Crippen LogP contribution in [0.3, 0.4) is 0 Å². The van der Waals surface area contributed by atoms with E-state index < -0.39 is 36.4 Å². The van der Waals surface area contributed by atoms with E-state index in [1.54, 1.807) is 9.80 Å². The number of ether oxygens (including phenoxy) is 2. The van der Waals surface area contributed by atoms with Crippen molar-refractivity contribution in [1.82, 2.24) is 31.1 Å². The van der Waals surface area contributed by atoms with Gasteiger partial charge in [-0.15, -0.1) is 0 Å². The summed E-state index contributed by atoms with van der Waals surface area (Å²) in [6, 6.07) is 9.96. The van der Waals surface area contributed by atoms with Gasteiger partial charge in [-0.25, -0.2) is 9.59 Å². The molecule has 0 spiro atoms. The van der Waals surface area contributed by atoms with Gasteiger partial charge in [0.1, 0.15) is 24.2 Å². The van der Waals surface area contributed by atoms with Crippen LogP contribution in [-0.2, 0) is 54.3 Å². The molecule has 14 heteroatoms. The summed E-state index contributed by atoms with van der Waals surface area (Å²) in [5.74, 6) is -1.23. The number of nitrogens with zero attached hydrogens (tertiary/aromatic N) is 2. The molecule has 56 heavy (non-hydrogen) atoms. The zero-order chi connectivity index (χ0) is 40.3. The summed E-state index contributed by atoms with van der Waals surface area (Å²) in [4.78, 5) is 81.1. The highest BCUT2D eigenvalue weighted by molar-refractivity contribution is 5.93. The molecule has 6 atom stereocenters. The van der Waals surface area contributed by atoms with Gasteiger partial charge in [0.15, 0.2) is 0 Å². The van der Waals surface area contributed by atoms with Crippen molar-refractivity contribution in [2.24, 2.45) is 11.8 Å². The lowest BCUT2D eigenvalue weighted by atomic mass is 9.97. The third-order valence-corrected chi connectivity index (χ3v) is 11.8. The number of methoxy groups -OCH3 is 2. The molecule has 6 rings (SSSR count). The van der Waals surface area contributed by atoms with Crippen molar-refractivity contribution in [2.45, 2.75) is 115 Å². The molecule has 6 unspecified atom stereocenters.